The normalized spacial score (nSPS) is 25.2. The third-order valence-corrected chi connectivity index (χ3v) is 6.01. The average Bonchev–Trinajstić information content (AvgIpc) is 2.82. The van der Waals surface area contributed by atoms with E-state index in [4.69, 9.17) is 0 Å². The fourth-order valence-electron chi connectivity index (χ4n) is 2.99. The topological polar surface area (TPSA) is 35.6 Å². The number of hydrogen-bond donors (Lipinski definition) is 1. The summed E-state index contributed by atoms with van der Waals surface area (Å²) in [5, 5.41) is 3.71. The Morgan fingerprint density at radius 3 is 2.53 bits per heavy atom. The van der Waals surface area contributed by atoms with Crippen LogP contribution in [0.5, 0.6) is 0 Å². The van der Waals surface area contributed by atoms with Crippen molar-refractivity contribution in [1.29, 1.82) is 0 Å². The number of hydrogen-bond acceptors (Lipinski definition) is 3. The number of thioether (sulfide) groups is 1. The summed E-state index contributed by atoms with van der Waals surface area (Å²) in [5.41, 5.74) is 0.216. The van der Waals surface area contributed by atoms with Crippen LogP contribution in [0.3, 0.4) is 0 Å². The molecule has 1 saturated carbocycles. The fourth-order valence-corrected chi connectivity index (χ4v) is 4.19. The number of urea groups is 1. The van der Waals surface area contributed by atoms with Crippen LogP contribution in [0.25, 0.3) is 0 Å². The van der Waals surface area contributed by atoms with Gasteiger partial charge in [0.1, 0.15) is 0 Å². The highest BCUT2D eigenvalue weighted by atomic mass is 32.2. The van der Waals surface area contributed by atoms with Gasteiger partial charge in [0.05, 0.1) is 0 Å². The quantitative estimate of drug-likeness (QED) is 0.839. The number of nitrogens with zero attached hydrogens (tertiary/aromatic N) is 2. The van der Waals surface area contributed by atoms with Crippen molar-refractivity contribution in [2.45, 2.75) is 42.9 Å². The Morgan fingerprint density at radius 1 is 1.32 bits per heavy atom. The number of nitrogens with one attached hydrogen (secondary N) is 1. The zero-order chi connectivity index (χ0) is 13.9. The molecule has 0 radical (unpaired) electrons. The van der Waals surface area contributed by atoms with Crippen molar-refractivity contribution in [2.75, 3.05) is 40.0 Å². The first-order chi connectivity index (χ1) is 9.03. The maximum absolute atomic E-state index is 12.1. The van der Waals surface area contributed by atoms with Crippen LogP contribution in [-0.4, -0.2) is 66.6 Å². The van der Waals surface area contributed by atoms with E-state index in [9.17, 15) is 4.79 Å². The Balaban J connectivity index is 1.75. The second-order valence-electron chi connectivity index (χ2n) is 6.15. The lowest BCUT2D eigenvalue weighted by atomic mass is 9.75. The Hall–Kier alpha value is -0.420. The van der Waals surface area contributed by atoms with Gasteiger partial charge in [0.25, 0.3) is 0 Å². The molecule has 1 aliphatic heterocycles. The molecule has 1 heterocycles. The van der Waals surface area contributed by atoms with Gasteiger partial charge in [-0.15, -0.1) is 0 Å². The highest BCUT2D eigenvalue weighted by Crippen LogP contribution is 2.36. The lowest BCUT2D eigenvalue weighted by molar-refractivity contribution is 0.0364. The molecule has 1 saturated heterocycles. The number of likely N-dealkylation sites (N-methyl/N-ethyl adjacent to an activating group) is 2. The molecular formula is C14H27N3OS. The predicted molar refractivity (Wildman–Crippen MR) is 81.8 cm³/mol. The van der Waals surface area contributed by atoms with E-state index in [0.717, 1.165) is 13.1 Å². The summed E-state index contributed by atoms with van der Waals surface area (Å²) >= 11 is 1.99. The van der Waals surface area contributed by atoms with Crippen molar-refractivity contribution >= 4 is 17.8 Å². The van der Waals surface area contributed by atoms with Crippen LogP contribution in [-0.2, 0) is 0 Å². The van der Waals surface area contributed by atoms with E-state index in [1.54, 1.807) is 0 Å². The summed E-state index contributed by atoms with van der Waals surface area (Å²) in [6, 6.07) is 0.0839. The number of rotatable bonds is 5. The van der Waals surface area contributed by atoms with Gasteiger partial charge in [-0.1, -0.05) is 0 Å². The summed E-state index contributed by atoms with van der Waals surface area (Å²) in [6.45, 7) is 1.66. The Morgan fingerprint density at radius 2 is 2.05 bits per heavy atom. The van der Waals surface area contributed by atoms with Gasteiger partial charge in [-0.25, -0.2) is 4.79 Å². The maximum atomic E-state index is 12.1. The minimum absolute atomic E-state index is 0.0839. The van der Waals surface area contributed by atoms with Crippen LogP contribution in [0.15, 0.2) is 0 Å². The second kappa shape index (κ2) is 6.35. The van der Waals surface area contributed by atoms with Crippen LogP contribution < -0.4 is 5.32 Å². The van der Waals surface area contributed by atoms with E-state index in [2.05, 4.69) is 24.3 Å². The smallest absolute Gasteiger partial charge is 0.317 e. The van der Waals surface area contributed by atoms with Gasteiger partial charge in [-0.2, -0.15) is 11.8 Å². The highest BCUT2D eigenvalue weighted by molar-refractivity contribution is 8.00. The van der Waals surface area contributed by atoms with Crippen molar-refractivity contribution in [3.05, 3.63) is 0 Å². The molecule has 1 unspecified atom stereocenters. The molecule has 1 atom stereocenters. The van der Waals surface area contributed by atoms with Crippen LogP contribution in [0, 0.1) is 0 Å². The number of amides is 2. The molecule has 1 N–H and O–H groups in total. The average molecular weight is 285 g/mol. The third kappa shape index (κ3) is 3.57. The molecule has 2 amide bonds. The van der Waals surface area contributed by atoms with Gasteiger partial charge in [0.2, 0.25) is 0 Å². The molecule has 2 aliphatic rings. The van der Waals surface area contributed by atoms with Crippen LogP contribution in [0.1, 0.15) is 32.1 Å². The van der Waals surface area contributed by atoms with E-state index in [0.29, 0.717) is 5.25 Å². The summed E-state index contributed by atoms with van der Waals surface area (Å²) in [4.78, 5) is 16.3. The van der Waals surface area contributed by atoms with Gasteiger partial charge in [0, 0.05) is 30.9 Å². The van der Waals surface area contributed by atoms with E-state index >= 15 is 0 Å². The lowest BCUT2D eigenvalue weighted by Gasteiger charge is -2.49. The van der Waals surface area contributed by atoms with E-state index < -0.39 is 0 Å². The van der Waals surface area contributed by atoms with Crippen molar-refractivity contribution in [3.8, 4) is 0 Å². The molecular weight excluding hydrogens is 258 g/mol. The molecule has 0 bridgehead atoms. The molecule has 0 aromatic heterocycles. The first-order valence-corrected chi connectivity index (χ1v) is 8.36. The molecule has 110 valence electrons. The number of carbonyl (C=O) groups excluding carboxylic acids is 1. The largest absolute Gasteiger partial charge is 0.337 e. The molecule has 2 fully saturated rings. The van der Waals surface area contributed by atoms with Crippen LogP contribution in [0.2, 0.25) is 0 Å². The molecule has 4 nitrogen and oxygen atoms in total. The minimum Gasteiger partial charge on any atom is -0.337 e. The third-order valence-electron chi connectivity index (χ3n) is 4.62. The van der Waals surface area contributed by atoms with Crippen molar-refractivity contribution in [1.82, 2.24) is 15.1 Å². The van der Waals surface area contributed by atoms with Crippen LogP contribution >= 0.6 is 11.8 Å². The molecule has 0 aromatic carbocycles. The lowest BCUT2D eigenvalue weighted by Crippen LogP contribution is -2.58. The molecule has 0 spiro atoms. The predicted octanol–water partition coefficient (Wildman–Crippen LogP) is 2.01. The van der Waals surface area contributed by atoms with Crippen molar-refractivity contribution in [3.63, 3.8) is 0 Å². The van der Waals surface area contributed by atoms with E-state index in [1.807, 2.05) is 23.7 Å². The van der Waals surface area contributed by atoms with Crippen LogP contribution in [0.4, 0.5) is 4.79 Å². The highest BCUT2D eigenvalue weighted by Gasteiger charge is 2.40. The SMILES string of the molecule is CN(CC1(N(C)C)CCC1)C(=O)NCC1CCCS1. The molecule has 5 heteroatoms. The fraction of sp³-hybridized carbons (Fsp3) is 0.929. The zero-order valence-corrected chi connectivity index (χ0v) is 13.3. The summed E-state index contributed by atoms with van der Waals surface area (Å²) in [7, 11) is 6.17. The molecule has 19 heavy (non-hydrogen) atoms. The van der Waals surface area contributed by atoms with Crippen molar-refractivity contribution in [2.24, 2.45) is 0 Å². The first-order valence-electron chi connectivity index (χ1n) is 7.31. The summed E-state index contributed by atoms with van der Waals surface area (Å²) in [6.07, 6.45) is 6.24. The van der Waals surface area contributed by atoms with Gasteiger partial charge < -0.3 is 15.1 Å². The Bertz CT molecular complexity index is 312. The van der Waals surface area contributed by atoms with E-state index in [-0.39, 0.29) is 11.6 Å². The standard InChI is InChI=1S/C14H27N3OS/c1-16(2)14(7-5-8-14)11-17(3)13(18)15-10-12-6-4-9-19-12/h12H,4-11H2,1-3H3,(H,15,18). The minimum atomic E-state index is 0.0839. The van der Waals surface area contributed by atoms with Gasteiger partial charge in [-0.05, 0) is 52.0 Å². The zero-order valence-electron chi connectivity index (χ0n) is 12.4. The first kappa shape index (κ1) is 15.0. The maximum Gasteiger partial charge on any atom is 0.317 e. The van der Waals surface area contributed by atoms with Crippen molar-refractivity contribution < 1.29 is 4.79 Å². The Labute approximate surface area is 121 Å². The second-order valence-corrected chi connectivity index (χ2v) is 7.56. The molecule has 1 aliphatic carbocycles. The monoisotopic (exact) mass is 285 g/mol. The van der Waals surface area contributed by atoms with E-state index in [1.165, 1.54) is 37.9 Å². The molecule has 2 rings (SSSR count). The van der Waals surface area contributed by atoms with Gasteiger partial charge in [-0.3, -0.25) is 0 Å². The summed E-state index contributed by atoms with van der Waals surface area (Å²) in [5.74, 6) is 1.25. The Kier molecular flexibility index (Phi) is 5.01. The number of carbonyl (C=O) groups is 1. The van der Waals surface area contributed by atoms with Gasteiger partial charge in [0.15, 0.2) is 0 Å². The summed E-state index contributed by atoms with van der Waals surface area (Å²) < 4.78 is 0. The van der Waals surface area contributed by atoms with Gasteiger partial charge >= 0.3 is 6.03 Å². The molecule has 0 aromatic rings.